The van der Waals surface area contributed by atoms with Crippen molar-refractivity contribution in [3.8, 4) is 0 Å². The zero-order valence-corrected chi connectivity index (χ0v) is 7.38. The molecule has 0 amide bonds. The van der Waals surface area contributed by atoms with Crippen LogP contribution in [0.3, 0.4) is 0 Å². The van der Waals surface area contributed by atoms with Gasteiger partial charge in [0.2, 0.25) is 0 Å². The first-order valence-electron chi connectivity index (χ1n) is 4.30. The van der Waals surface area contributed by atoms with Crippen LogP contribution < -0.4 is 0 Å². The van der Waals surface area contributed by atoms with Gasteiger partial charge in [0.15, 0.2) is 0 Å². The molecular formula is C9H15Cl. The third-order valence-electron chi connectivity index (χ3n) is 3.31. The van der Waals surface area contributed by atoms with Gasteiger partial charge in [0.25, 0.3) is 0 Å². The van der Waals surface area contributed by atoms with Crippen molar-refractivity contribution in [3.05, 3.63) is 0 Å². The van der Waals surface area contributed by atoms with Crippen molar-refractivity contribution in [2.24, 2.45) is 10.8 Å². The summed E-state index contributed by atoms with van der Waals surface area (Å²) in [6.45, 7) is 2.29. The van der Waals surface area contributed by atoms with Crippen molar-refractivity contribution in [2.45, 2.75) is 39.0 Å². The van der Waals surface area contributed by atoms with Gasteiger partial charge in [-0.15, -0.1) is 11.6 Å². The monoisotopic (exact) mass is 158 g/mol. The van der Waals surface area contributed by atoms with E-state index in [9.17, 15) is 0 Å². The number of halogens is 1. The molecule has 3 aliphatic carbocycles. The van der Waals surface area contributed by atoms with E-state index < -0.39 is 0 Å². The average Bonchev–Trinajstić information content (AvgIpc) is 1.74. The molecule has 0 spiro atoms. The Labute approximate surface area is 68.0 Å². The lowest BCUT2D eigenvalue weighted by atomic mass is 9.35. The van der Waals surface area contributed by atoms with E-state index in [1.54, 1.807) is 0 Å². The van der Waals surface area contributed by atoms with Crippen LogP contribution in [-0.4, -0.2) is 5.88 Å². The second-order valence-electron chi connectivity index (χ2n) is 4.41. The molecule has 0 N–H and O–H groups in total. The van der Waals surface area contributed by atoms with Crippen molar-refractivity contribution in [1.82, 2.24) is 0 Å². The smallest absolute Gasteiger partial charge is 0.0280 e. The van der Waals surface area contributed by atoms with Gasteiger partial charge in [0.1, 0.15) is 0 Å². The van der Waals surface area contributed by atoms with Crippen LogP contribution in [0, 0.1) is 10.8 Å². The average molecular weight is 159 g/mol. The molecule has 0 aromatic carbocycles. The van der Waals surface area contributed by atoms with Crippen LogP contribution in [0.5, 0.6) is 0 Å². The number of hydrogen-bond donors (Lipinski definition) is 0. The minimum absolute atomic E-state index is 0.636. The highest BCUT2D eigenvalue weighted by atomic mass is 35.5. The second-order valence-corrected chi connectivity index (χ2v) is 4.68. The standard InChI is InChI=1S/C9H15Cl/c1-2-3-8-4-9(5-8,6-8)7-10/h2-7H2,1H3. The summed E-state index contributed by atoms with van der Waals surface area (Å²) in [5.74, 6) is 0.915. The summed E-state index contributed by atoms with van der Waals surface area (Å²) in [5.41, 5.74) is 1.43. The Kier molecular flexibility index (Phi) is 1.33. The van der Waals surface area contributed by atoms with Gasteiger partial charge >= 0.3 is 0 Å². The third-order valence-corrected chi connectivity index (χ3v) is 3.88. The summed E-state index contributed by atoms with van der Waals surface area (Å²) < 4.78 is 0. The minimum Gasteiger partial charge on any atom is -0.126 e. The van der Waals surface area contributed by atoms with Gasteiger partial charge in [0, 0.05) is 5.88 Å². The van der Waals surface area contributed by atoms with Crippen LogP contribution in [0.1, 0.15) is 39.0 Å². The molecule has 0 aromatic rings. The number of alkyl halides is 1. The molecule has 1 heteroatoms. The fourth-order valence-electron chi connectivity index (χ4n) is 3.17. The molecule has 0 unspecified atom stereocenters. The first kappa shape index (κ1) is 6.97. The van der Waals surface area contributed by atoms with Gasteiger partial charge in [-0.25, -0.2) is 0 Å². The maximum Gasteiger partial charge on any atom is 0.0280 e. The predicted molar refractivity (Wildman–Crippen MR) is 44.3 cm³/mol. The van der Waals surface area contributed by atoms with Crippen LogP contribution in [0.4, 0.5) is 0 Å². The Morgan fingerprint density at radius 2 is 1.80 bits per heavy atom. The zero-order chi connectivity index (χ0) is 7.24. The molecule has 0 saturated heterocycles. The molecule has 0 aliphatic heterocycles. The topological polar surface area (TPSA) is 0 Å². The Hall–Kier alpha value is 0.290. The zero-order valence-electron chi connectivity index (χ0n) is 6.62. The van der Waals surface area contributed by atoms with E-state index in [0.29, 0.717) is 5.41 Å². The first-order chi connectivity index (χ1) is 4.74. The van der Waals surface area contributed by atoms with Gasteiger partial charge in [-0.2, -0.15) is 0 Å². The van der Waals surface area contributed by atoms with Crippen molar-refractivity contribution in [3.63, 3.8) is 0 Å². The molecule has 0 atom stereocenters. The van der Waals surface area contributed by atoms with E-state index in [0.717, 1.165) is 11.3 Å². The molecule has 0 nitrogen and oxygen atoms in total. The minimum atomic E-state index is 0.636. The largest absolute Gasteiger partial charge is 0.126 e. The Bertz CT molecular complexity index is 131. The number of hydrogen-bond acceptors (Lipinski definition) is 0. The summed E-state index contributed by atoms with van der Waals surface area (Å²) in [5, 5.41) is 0. The lowest BCUT2D eigenvalue weighted by molar-refractivity contribution is -0.192. The van der Waals surface area contributed by atoms with E-state index in [2.05, 4.69) is 6.92 Å². The van der Waals surface area contributed by atoms with E-state index >= 15 is 0 Å². The summed E-state index contributed by atoms with van der Waals surface area (Å²) in [7, 11) is 0. The second kappa shape index (κ2) is 1.91. The highest BCUT2D eigenvalue weighted by molar-refractivity contribution is 6.18. The van der Waals surface area contributed by atoms with Crippen molar-refractivity contribution < 1.29 is 0 Å². The molecule has 3 aliphatic rings. The molecule has 3 saturated carbocycles. The Balaban J connectivity index is 1.86. The van der Waals surface area contributed by atoms with Crippen LogP contribution in [-0.2, 0) is 0 Å². The van der Waals surface area contributed by atoms with E-state index in [4.69, 9.17) is 11.6 Å². The van der Waals surface area contributed by atoms with Crippen molar-refractivity contribution >= 4 is 11.6 Å². The van der Waals surface area contributed by atoms with Crippen molar-refractivity contribution in [1.29, 1.82) is 0 Å². The molecule has 10 heavy (non-hydrogen) atoms. The Morgan fingerprint density at radius 3 is 2.20 bits per heavy atom. The molecule has 3 fully saturated rings. The normalized spacial score (nSPS) is 49.8. The lowest BCUT2D eigenvalue weighted by Crippen LogP contribution is -2.62. The summed E-state index contributed by atoms with van der Waals surface area (Å²) in [6.07, 6.45) is 7.13. The molecule has 0 heterocycles. The van der Waals surface area contributed by atoms with E-state index in [1.165, 1.54) is 32.1 Å². The van der Waals surface area contributed by atoms with Crippen molar-refractivity contribution in [2.75, 3.05) is 5.88 Å². The molecule has 58 valence electrons. The quantitative estimate of drug-likeness (QED) is 0.554. The van der Waals surface area contributed by atoms with Gasteiger partial charge in [0.05, 0.1) is 0 Å². The fraction of sp³-hybridized carbons (Fsp3) is 1.00. The molecular weight excluding hydrogens is 144 g/mol. The summed E-state index contributed by atoms with van der Waals surface area (Å²) >= 11 is 5.84. The molecule has 3 rings (SSSR count). The first-order valence-corrected chi connectivity index (χ1v) is 4.84. The van der Waals surface area contributed by atoms with E-state index in [-0.39, 0.29) is 0 Å². The predicted octanol–water partition coefficient (Wildman–Crippen LogP) is 3.20. The summed E-state index contributed by atoms with van der Waals surface area (Å²) in [4.78, 5) is 0. The van der Waals surface area contributed by atoms with E-state index in [1.807, 2.05) is 0 Å². The van der Waals surface area contributed by atoms with Crippen LogP contribution in [0.2, 0.25) is 0 Å². The molecule has 0 aromatic heterocycles. The Morgan fingerprint density at radius 1 is 1.20 bits per heavy atom. The van der Waals surface area contributed by atoms with Crippen LogP contribution >= 0.6 is 11.6 Å². The van der Waals surface area contributed by atoms with Gasteiger partial charge in [-0.3, -0.25) is 0 Å². The van der Waals surface area contributed by atoms with Gasteiger partial charge in [-0.1, -0.05) is 13.3 Å². The maximum absolute atomic E-state index is 5.84. The molecule has 0 radical (unpaired) electrons. The SMILES string of the molecule is CCCC12CC(CCl)(C1)C2. The maximum atomic E-state index is 5.84. The third kappa shape index (κ3) is 0.689. The van der Waals surface area contributed by atoms with Crippen LogP contribution in [0.25, 0.3) is 0 Å². The van der Waals surface area contributed by atoms with Crippen LogP contribution in [0.15, 0.2) is 0 Å². The lowest BCUT2D eigenvalue weighted by Gasteiger charge is -2.71. The highest BCUT2D eigenvalue weighted by Gasteiger charge is 2.65. The highest BCUT2D eigenvalue weighted by Crippen LogP contribution is 2.75. The van der Waals surface area contributed by atoms with Gasteiger partial charge < -0.3 is 0 Å². The molecule has 2 bridgehead atoms. The fourth-order valence-corrected chi connectivity index (χ4v) is 3.45. The summed E-state index contributed by atoms with van der Waals surface area (Å²) in [6, 6.07) is 0. The number of rotatable bonds is 3. The van der Waals surface area contributed by atoms with Gasteiger partial charge in [-0.05, 0) is 36.5 Å².